The molecule has 88 valence electrons. The first kappa shape index (κ1) is 11.8. The number of phenols is 1. The zero-order chi connectivity index (χ0) is 11.8. The average molecular weight is 260 g/mol. The van der Waals surface area contributed by atoms with E-state index in [4.69, 9.17) is 0 Å². The summed E-state index contributed by atoms with van der Waals surface area (Å²) < 4.78 is 22.6. The number of aliphatic hydroxyl groups excluding tert-OH is 1. The molecule has 16 heavy (non-hydrogen) atoms. The van der Waals surface area contributed by atoms with E-state index < -0.39 is 21.2 Å². The Morgan fingerprint density at radius 3 is 2.50 bits per heavy atom. The Morgan fingerprint density at radius 1 is 1.25 bits per heavy atom. The van der Waals surface area contributed by atoms with E-state index in [0.717, 1.165) is 0 Å². The molecule has 0 saturated carbocycles. The van der Waals surface area contributed by atoms with Crippen molar-refractivity contribution < 1.29 is 18.6 Å². The molecule has 0 amide bonds. The van der Waals surface area contributed by atoms with Crippen molar-refractivity contribution in [3.8, 4) is 5.75 Å². The van der Waals surface area contributed by atoms with Crippen molar-refractivity contribution in [3.05, 3.63) is 24.3 Å². The molecule has 6 heteroatoms. The molecule has 2 unspecified atom stereocenters. The standard InChI is InChI=1S/C10H12O4S2/c11-7-3-1-2-4-9(7)15-10-6-16(13,14)5-8(10)12/h1-4,8,10-12H,5-6H2. The molecule has 2 rings (SSSR count). The number of hydrogen-bond acceptors (Lipinski definition) is 5. The van der Waals surface area contributed by atoms with Crippen LogP contribution < -0.4 is 0 Å². The van der Waals surface area contributed by atoms with Crippen LogP contribution in [0.1, 0.15) is 0 Å². The summed E-state index contributed by atoms with van der Waals surface area (Å²) >= 11 is 1.21. The van der Waals surface area contributed by atoms with Crippen molar-refractivity contribution in [1.82, 2.24) is 0 Å². The highest BCUT2D eigenvalue weighted by Crippen LogP contribution is 2.35. The molecule has 1 aromatic rings. The van der Waals surface area contributed by atoms with Crippen LogP contribution in [0.3, 0.4) is 0 Å². The van der Waals surface area contributed by atoms with Gasteiger partial charge in [-0.25, -0.2) is 8.42 Å². The van der Waals surface area contributed by atoms with Gasteiger partial charge in [-0.1, -0.05) is 12.1 Å². The lowest BCUT2D eigenvalue weighted by Gasteiger charge is -2.12. The average Bonchev–Trinajstić information content (AvgIpc) is 2.44. The number of benzene rings is 1. The van der Waals surface area contributed by atoms with Gasteiger partial charge in [0.2, 0.25) is 0 Å². The summed E-state index contributed by atoms with van der Waals surface area (Å²) in [6.45, 7) is 0. The van der Waals surface area contributed by atoms with Gasteiger partial charge in [0, 0.05) is 4.90 Å². The molecule has 1 saturated heterocycles. The van der Waals surface area contributed by atoms with Crippen LogP contribution >= 0.6 is 11.8 Å². The van der Waals surface area contributed by atoms with Crippen LogP contribution in [0.15, 0.2) is 29.2 Å². The highest BCUT2D eigenvalue weighted by Gasteiger charge is 2.37. The fourth-order valence-corrected chi connectivity index (χ4v) is 5.18. The Hall–Kier alpha value is -0.720. The molecule has 4 nitrogen and oxygen atoms in total. The molecule has 0 aliphatic carbocycles. The molecule has 1 aliphatic heterocycles. The second kappa shape index (κ2) is 4.27. The molecular weight excluding hydrogens is 248 g/mol. The lowest BCUT2D eigenvalue weighted by Crippen LogP contribution is -2.19. The largest absolute Gasteiger partial charge is 0.507 e. The molecule has 0 aromatic heterocycles. The summed E-state index contributed by atoms with van der Waals surface area (Å²) in [5.74, 6) is -0.102. The van der Waals surface area contributed by atoms with Gasteiger partial charge in [0.15, 0.2) is 9.84 Å². The molecule has 1 aromatic carbocycles. The number of hydrogen-bond donors (Lipinski definition) is 2. The van der Waals surface area contributed by atoms with Crippen molar-refractivity contribution >= 4 is 21.6 Å². The summed E-state index contributed by atoms with van der Waals surface area (Å²) in [6, 6.07) is 6.70. The number of aliphatic hydroxyl groups is 1. The molecule has 1 heterocycles. The Labute approximate surface area is 98.2 Å². The maximum Gasteiger partial charge on any atom is 0.154 e. The maximum absolute atomic E-state index is 11.3. The fourth-order valence-electron chi connectivity index (χ4n) is 1.63. The predicted octanol–water partition coefficient (Wildman–Crippen LogP) is 0.642. The van der Waals surface area contributed by atoms with Gasteiger partial charge in [-0.2, -0.15) is 0 Å². The minimum Gasteiger partial charge on any atom is -0.507 e. The first-order valence-electron chi connectivity index (χ1n) is 4.81. The van der Waals surface area contributed by atoms with Gasteiger partial charge in [0.05, 0.1) is 22.9 Å². The number of aromatic hydroxyl groups is 1. The Bertz CT molecular complexity index is 483. The van der Waals surface area contributed by atoms with Gasteiger partial charge in [-0.3, -0.25) is 0 Å². The van der Waals surface area contributed by atoms with Gasteiger partial charge >= 0.3 is 0 Å². The fraction of sp³-hybridized carbons (Fsp3) is 0.400. The van der Waals surface area contributed by atoms with E-state index >= 15 is 0 Å². The van der Waals surface area contributed by atoms with Crippen LogP contribution in [0.25, 0.3) is 0 Å². The van der Waals surface area contributed by atoms with Crippen LogP contribution in [-0.4, -0.2) is 41.5 Å². The number of thioether (sulfide) groups is 1. The van der Waals surface area contributed by atoms with Crippen LogP contribution in [0.4, 0.5) is 0 Å². The van der Waals surface area contributed by atoms with Crippen molar-refractivity contribution in [3.63, 3.8) is 0 Å². The Kier molecular flexibility index (Phi) is 3.14. The minimum absolute atomic E-state index is 0.0346. The van der Waals surface area contributed by atoms with E-state index in [0.29, 0.717) is 4.90 Å². The van der Waals surface area contributed by atoms with Crippen molar-refractivity contribution in [2.75, 3.05) is 11.5 Å². The van der Waals surface area contributed by atoms with Crippen LogP contribution in [0.5, 0.6) is 5.75 Å². The second-order valence-electron chi connectivity index (χ2n) is 3.77. The smallest absolute Gasteiger partial charge is 0.154 e. The Morgan fingerprint density at radius 2 is 1.94 bits per heavy atom. The summed E-state index contributed by atoms with van der Waals surface area (Å²) in [5.41, 5.74) is 0. The van der Waals surface area contributed by atoms with Crippen molar-refractivity contribution in [2.24, 2.45) is 0 Å². The maximum atomic E-state index is 11.3. The van der Waals surface area contributed by atoms with E-state index in [1.165, 1.54) is 17.8 Å². The third kappa shape index (κ3) is 2.50. The quantitative estimate of drug-likeness (QED) is 0.816. The van der Waals surface area contributed by atoms with E-state index in [1.54, 1.807) is 18.2 Å². The van der Waals surface area contributed by atoms with E-state index in [1.807, 2.05) is 0 Å². The van der Waals surface area contributed by atoms with Gasteiger partial charge in [-0.15, -0.1) is 11.8 Å². The lowest BCUT2D eigenvalue weighted by atomic mass is 10.3. The number of phenolic OH excluding ortho intramolecular Hbond substituents is 1. The van der Waals surface area contributed by atoms with Crippen molar-refractivity contribution in [2.45, 2.75) is 16.2 Å². The highest BCUT2D eigenvalue weighted by atomic mass is 32.2. The summed E-state index contributed by atoms with van der Waals surface area (Å²) in [7, 11) is -3.13. The summed E-state index contributed by atoms with van der Waals surface area (Å²) in [5, 5.41) is 18.7. The Balaban J connectivity index is 2.15. The number of rotatable bonds is 2. The molecule has 1 aliphatic rings. The zero-order valence-electron chi connectivity index (χ0n) is 8.41. The van der Waals surface area contributed by atoms with Gasteiger partial charge in [0.1, 0.15) is 5.75 Å². The molecule has 0 bridgehead atoms. The van der Waals surface area contributed by atoms with Gasteiger partial charge in [0.25, 0.3) is 0 Å². The normalized spacial score (nSPS) is 28.1. The SMILES string of the molecule is O=S1(=O)CC(O)C(Sc2ccccc2O)C1. The van der Waals surface area contributed by atoms with E-state index in [-0.39, 0.29) is 17.3 Å². The zero-order valence-corrected chi connectivity index (χ0v) is 10.0. The minimum atomic E-state index is -3.13. The molecular formula is C10H12O4S2. The summed E-state index contributed by atoms with van der Waals surface area (Å²) in [6.07, 6.45) is -0.852. The first-order valence-corrected chi connectivity index (χ1v) is 7.51. The van der Waals surface area contributed by atoms with Gasteiger partial charge < -0.3 is 10.2 Å². The van der Waals surface area contributed by atoms with Gasteiger partial charge in [-0.05, 0) is 12.1 Å². The van der Waals surface area contributed by atoms with E-state index in [9.17, 15) is 18.6 Å². The van der Waals surface area contributed by atoms with Crippen LogP contribution in [0.2, 0.25) is 0 Å². The topological polar surface area (TPSA) is 74.6 Å². The number of sulfone groups is 1. The summed E-state index contributed by atoms with van der Waals surface area (Å²) in [4.78, 5) is 0.601. The molecule has 0 spiro atoms. The highest BCUT2D eigenvalue weighted by molar-refractivity contribution is 8.02. The first-order chi connectivity index (χ1) is 7.48. The monoisotopic (exact) mass is 260 g/mol. The molecule has 2 N–H and O–H groups in total. The van der Waals surface area contributed by atoms with E-state index in [2.05, 4.69) is 0 Å². The third-order valence-corrected chi connectivity index (χ3v) is 5.73. The second-order valence-corrected chi connectivity index (χ2v) is 7.20. The molecule has 0 radical (unpaired) electrons. The van der Waals surface area contributed by atoms with Crippen molar-refractivity contribution in [1.29, 1.82) is 0 Å². The van der Waals surface area contributed by atoms with Crippen LogP contribution in [-0.2, 0) is 9.84 Å². The third-order valence-electron chi connectivity index (χ3n) is 2.42. The number of para-hydroxylation sites is 1. The predicted molar refractivity (Wildman–Crippen MR) is 62.4 cm³/mol. The lowest BCUT2D eigenvalue weighted by molar-refractivity contribution is 0.207. The molecule has 2 atom stereocenters. The molecule has 1 fully saturated rings. The van der Waals surface area contributed by atoms with Crippen LogP contribution in [0, 0.1) is 0 Å².